The van der Waals surface area contributed by atoms with Gasteiger partial charge in [-0.2, -0.15) is 5.10 Å². The van der Waals surface area contributed by atoms with Crippen LogP contribution in [-0.4, -0.2) is 61.6 Å². The summed E-state index contributed by atoms with van der Waals surface area (Å²) in [6, 6.07) is 7.07. The van der Waals surface area contributed by atoms with E-state index in [2.05, 4.69) is 36.1 Å². The first-order chi connectivity index (χ1) is 16.9. The van der Waals surface area contributed by atoms with Crippen molar-refractivity contribution in [2.75, 3.05) is 23.5 Å². The van der Waals surface area contributed by atoms with Crippen molar-refractivity contribution < 1.29 is 19.4 Å². The van der Waals surface area contributed by atoms with E-state index < -0.39 is 11.5 Å². The molecule has 0 atom stereocenters. The van der Waals surface area contributed by atoms with E-state index in [1.807, 2.05) is 6.07 Å². The van der Waals surface area contributed by atoms with Crippen LogP contribution in [-0.2, 0) is 16.1 Å². The first-order valence-electron chi connectivity index (χ1n) is 11.3. The summed E-state index contributed by atoms with van der Waals surface area (Å²) in [5, 5.41) is 29.3. The van der Waals surface area contributed by atoms with Gasteiger partial charge in [0.15, 0.2) is 0 Å². The second kappa shape index (κ2) is 9.72. The number of anilines is 2. The van der Waals surface area contributed by atoms with E-state index in [0.29, 0.717) is 66.3 Å². The van der Waals surface area contributed by atoms with Gasteiger partial charge in [0.05, 0.1) is 35.4 Å². The Morgan fingerprint density at radius 2 is 2.11 bits per heavy atom. The molecule has 0 bridgehead atoms. The molecule has 0 saturated heterocycles. The van der Waals surface area contributed by atoms with Gasteiger partial charge in [-0.15, -0.1) is 5.10 Å². The molecule has 1 fully saturated rings. The Morgan fingerprint density at radius 1 is 1.29 bits per heavy atom. The summed E-state index contributed by atoms with van der Waals surface area (Å²) in [4.78, 5) is 33.3. The Bertz CT molecular complexity index is 1280. The Hall–Kier alpha value is -3.35. The lowest BCUT2D eigenvalue weighted by Gasteiger charge is -2.35. The molecular formula is C23H25N7O4S. The van der Waals surface area contributed by atoms with E-state index >= 15 is 0 Å². The highest BCUT2D eigenvalue weighted by Gasteiger charge is 2.40. The molecule has 1 saturated carbocycles. The molecule has 2 aliphatic rings. The summed E-state index contributed by atoms with van der Waals surface area (Å²) in [5.74, 6) is 0.256. The van der Waals surface area contributed by atoms with Gasteiger partial charge in [-0.05, 0) is 43.9 Å². The molecule has 0 unspecified atom stereocenters. The molecule has 35 heavy (non-hydrogen) atoms. The second-order valence-corrected chi connectivity index (χ2v) is 9.58. The molecule has 0 aromatic carbocycles. The largest absolute Gasteiger partial charge is 0.481 e. The number of carbonyl (C=O) groups excluding carboxylic acids is 2. The quantitative estimate of drug-likeness (QED) is 0.399. The molecule has 4 heterocycles. The summed E-state index contributed by atoms with van der Waals surface area (Å²) in [6.07, 6.45) is 3.47. The molecule has 1 aliphatic carbocycles. The smallest absolute Gasteiger partial charge is 0.256 e. The Balaban J connectivity index is 1.18. The number of aromatic nitrogens is 4. The minimum atomic E-state index is -1.47. The predicted molar refractivity (Wildman–Crippen MR) is 130 cm³/mol. The number of pyridine rings is 2. The normalized spacial score (nSPS) is 21.8. The number of amides is 2. The minimum Gasteiger partial charge on any atom is -0.481 e. The maximum Gasteiger partial charge on any atom is 0.256 e. The zero-order chi connectivity index (χ0) is 24.4. The SMILES string of the molecule is COc1ccc2nccc(NC(=O)[C@]3(O)CC[C@@H](NCc4cc5c(nn4)SCC(=O)N5)CC3)c2n1. The van der Waals surface area contributed by atoms with Gasteiger partial charge in [-0.25, -0.2) is 4.98 Å². The lowest BCUT2D eigenvalue weighted by molar-refractivity contribution is -0.137. The number of fused-ring (bicyclic) bond motifs is 2. The van der Waals surface area contributed by atoms with Crippen molar-refractivity contribution >= 4 is 46.0 Å². The van der Waals surface area contributed by atoms with Crippen molar-refractivity contribution in [2.24, 2.45) is 0 Å². The molecule has 3 aromatic heterocycles. The Labute approximate surface area is 205 Å². The van der Waals surface area contributed by atoms with Gasteiger partial charge < -0.3 is 25.8 Å². The highest BCUT2D eigenvalue weighted by Crippen LogP contribution is 2.32. The van der Waals surface area contributed by atoms with E-state index in [1.54, 1.807) is 24.4 Å². The number of aliphatic hydroxyl groups is 1. The third-order valence-corrected chi connectivity index (χ3v) is 7.23. The molecule has 1 aliphatic heterocycles. The number of thioether (sulfide) groups is 1. The number of rotatable bonds is 6. The average molecular weight is 496 g/mol. The van der Waals surface area contributed by atoms with E-state index in [4.69, 9.17) is 4.74 Å². The lowest BCUT2D eigenvalue weighted by atomic mass is 9.81. The predicted octanol–water partition coefficient (Wildman–Crippen LogP) is 1.87. The summed E-state index contributed by atoms with van der Waals surface area (Å²) in [6.45, 7) is 0.479. The summed E-state index contributed by atoms with van der Waals surface area (Å²) < 4.78 is 5.18. The topological polar surface area (TPSA) is 151 Å². The van der Waals surface area contributed by atoms with E-state index in [-0.39, 0.29) is 11.9 Å². The molecular weight excluding hydrogens is 470 g/mol. The zero-order valence-corrected chi connectivity index (χ0v) is 19.9. The molecule has 3 aromatic rings. The Morgan fingerprint density at radius 3 is 2.91 bits per heavy atom. The van der Waals surface area contributed by atoms with Gasteiger partial charge in [0.25, 0.3) is 5.91 Å². The molecule has 182 valence electrons. The van der Waals surface area contributed by atoms with Gasteiger partial charge in [-0.1, -0.05) is 11.8 Å². The fourth-order valence-corrected chi connectivity index (χ4v) is 4.96. The first kappa shape index (κ1) is 23.4. The Kier molecular flexibility index (Phi) is 6.50. The fraction of sp³-hybridized carbons (Fsp3) is 0.391. The second-order valence-electron chi connectivity index (χ2n) is 8.61. The standard InChI is InChI=1S/C23H25N7O4S/c1-34-19-3-2-15-20(28-19)16(6-9-24-15)27-22(32)23(33)7-4-13(5-8-23)25-11-14-10-17-21(30-29-14)35-12-18(31)26-17/h2-3,6,9-10,13,25,33H,4-5,7-8,11-12H2,1H3,(H,26,31)(H,24,27,32)/t13-,23+. The summed E-state index contributed by atoms with van der Waals surface area (Å²) in [5.41, 5.74) is 1.52. The number of methoxy groups -OCH3 is 1. The van der Waals surface area contributed by atoms with Crippen LogP contribution in [0, 0.1) is 0 Å². The molecule has 11 nitrogen and oxygen atoms in total. The van der Waals surface area contributed by atoms with Crippen molar-refractivity contribution in [3.05, 3.63) is 36.2 Å². The van der Waals surface area contributed by atoms with Crippen LogP contribution in [0.2, 0.25) is 0 Å². The molecule has 0 spiro atoms. The number of nitrogens with one attached hydrogen (secondary N) is 3. The minimum absolute atomic E-state index is 0.0473. The lowest BCUT2D eigenvalue weighted by Crippen LogP contribution is -2.48. The van der Waals surface area contributed by atoms with Crippen molar-refractivity contribution in [1.82, 2.24) is 25.5 Å². The first-order valence-corrected chi connectivity index (χ1v) is 12.3. The van der Waals surface area contributed by atoms with Gasteiger partial charge >= 0.3 is 0 Å². The number of carbonyl (C=O) groups is 2. The van der Waals surface area contributed by atoms with Crippen LogP contribution >= 0.6 is 11.8 Å². The molecule has 2 amide bonds. The van der Waals surface area contributed by atoms with Crippen molar-refractivity contribution in [2.45, 2.75) is 48.9 Å². The van der Waals surface area contributed by atoms with Crippen LogP contribution in [0.1, 0.15) is 31.4 Å². The molecule has 12 heteroatoms. The van der Waals surface area contributed by atoms with Crippen molar-refractivity contribution in [3.63, 3.8) is 0 Å². The van der Waals surface area contributed by atoms with Crippen LogP contribution < -0.4 is 20.7 Å². The molecule has 5 rings (SSSR count). The average Bonchev–Trinajstić information content (AvgIpc) is 2.88. The number of hydrogen-bond acceptors (Lipinski definition) is 10. The van der Waals surface area contributed by atoms with Crippen LogP contribution in [0.15, 0.2) is 35.5 Å². The van der Waals surface area contributed by atoms with Crippen LogP contribution in [0.5, 0.6) is 5.88 Å². The van der Waals surface area contributed by atoms with Crippen LogP contribution in [0.3, 0.4) is 0 Å². The summed E-state index contributed by atoms with van der Waals surface area (Å²) >= 11 is 1.37. The zero-order valence-electron chi connectivity index (χ0n) is 19.1. The molecule has 0 radical (unpaired) electrons. The number of ether oxygens (including phenoxy) is 1. The van der Waals surface area contributed by atoms with Gasteiger partial charge in [0, 0.05) is 24.8 Å². The third-order valence-electron chi connectivity index (χ3n) is 6.25. The maximum absolute atomic E-state index is 13.0. The fourth-order valence-electron chi connectivity index (χ4n) is 4.26. The highest BCUT2D eigenvalue weighted by molar-refractivity contribution is 8.00. The number of hydrogen-bond donors (Lipinski definition) is 4. The van der Waals surface area contributed by atoms with Crippen molar-refractivity contribution in [3.8, 4) is 5.88 Å². The van der Waals surface area contributed by atoms with Crippen molar-refractivity contribution in [1.29, 1.82) is 0 Å². The van der Waals surface area contributed by atoms with E-state index in [9.17, 15) is 14.7 Å². The van der Waals surface area contributed by atoms with E-state index in [1.165, 1.54) is 18.9 Å². The molecule has 4 N–H and O–H groups in total. The third kappa shape index (κ3) is 5.04. The monoisotopic (exact) mass is 495 g/mol. The number of nitrogens with zero attached hydrogens (tertiary/aromatic N) is 4. The van der Waals surface area contributed by atoms with Gasteiger partial charge in [-0.3, -0.25) is 14.6 Å². The van der Waals surface area contributed by atoms with Crippen LogP contribution in [0.4, 0.5) is 11.4 Å². The summed E-state index contributed by atoms with van der Waals surface area (Å²) in [7, 11) is 1.52. The maximum atomic E-state index is 13.0. The van der Waals surface area contributed by atoms with Gasteiger partial charge in [0.2, 0.25) is 11.8 Å². The highest BCUT2D eigenvalue weighted by atomic mass is 32.2. The van der Waals surface area contributed by atoms with Gasteiger partial charge in [0.1, 0.15) is 16.1 Å². The van der Waals surface area contributed by atoms with E-state index in [0.717, 1.165) is 10.7 Å². The van der Waals surface area contributed by atoms with Crippen LogP contribution in [0.25, 0.3) is 11.0 Å².